The second-order valence-corrected chi connectivity index (χ2v) is 4.67. The number of hydrogen-bond acceptors (Lipinski definition) is 6. The molecule has 9 heteroatoms. The summed E-state index contributed by atoms with van der Waals surface area (Å²) in [5.74, 6) is -1.94. The number of aliphatic carboxylic acids is 1. The topological polar surface area (TPSA) is 145 Å². The first kappa shape index (κ1) is 14.7. The molecular formula is C12H13N3O6. The van der Waals surface area contributed by atoms with Gasteiger partial charge in [0.2, 0.25) is 0 Å². The molecule has 1 unspecified atom stereocenters. The number of anilines is 1. The summed E-state index contributed by atoms with van der Waals surface area (Å²) in [6, 6.07) is 3.53. The van der Waals surface area contributed by atoms with Gasteiger partial charge >= 0.3 is 5.97 Å². The summed E-state index contributed by atoms with van der Waals surface area (Å²) in [6.07, 6.45) is 0.130. The Morgan fingerprint density at radius 1 is 1.48 bits per heavy atom. The molecule has 112 valence electrons. The van der Waals surface area contributed by atoms with E-state index in [0.29, 0.717) is 0 Å². The first-order valence-corrected chi connectivity index (χ1v) is 6.03. The summed E-state index contributed by atoms with van der Waals surface area (Å²) in [5.41, 5.74) is 3.41. The monoisotopic (exact) mass is 295 g/mol. The predicted octanol–water partition coefficient (Wildman–Crippen LogP) is 0.151. The van der Waals surface area contributed by atoms with Gasteiger partial charge in [0.15, 0.2) is 5.54 Å². The fraction of sp³-hybridized carbons (Fsp3) is 0.333. The van der Waals surface area contributed by atoms with Crippen LogP contribution >= 0.6 is 0 Å². The highest BCUT2D eigenvalue weighted by atomic mass is 16.6. The van der Waals surface area contributed by atoms with Crippen LogP contribution in [0, 0.1) is 10.1 Å². The Hall–Kier alpha value is -2.68. The van der Waals surface area contributed by atoms with Crippen LogP contribution in [-0.2, 0) is 9.53 Å². The zero-order valence-electron chi connectivity index (χ0n) is 10.9. The van der Waals surface area contributed by atoms with E-state index in [-0.39, 0.29) is 30.9 Å². The molecule has 0 saturated carbocycles. The Kier molecular flexibility index (Phi) is 3.76. The normalized spacial score (nSPS) is 21.0. The summed E-state index contributed by atoms with van der Waals surface area (Å²) >= 11 is 0. The molecule has 0 bridgehead atoms. The number of nitrogen functional groups attached to an aromatic ring is 1. The lowest BCUT2D eigenvalue weighted by molar-refractivity contribution is -0.383. The Morgan fingerprint density at radius 2 is 2.19 bits per heavy atom. The van der Waals surface area contributed by atoms with Crippen molar-refractivity contribution < 1.29 is 24.4 Å². The minimum absolute atomic E-state index is 0.0385. The van der Waals surface area contributed by atoms with Crippen molar-refractivity contribution in [2.75, 3.05) is 18.9 Å². The molecule has 0 aliphatic carbocycles. The summed E-state index contributed by atoms with van der Waals surface area (Å²) < 4.78 is 5.02. The van der Waals surface area contributed by atoms with Crippen LogP contribution in [0.15, 0.2) is 18.2 Å². The van der Waals surface area contributed by atoms with E-state index in [1.807, 2.05) is 0 Å². The Bertz CT molecular complexity index is 609. The van der Waals surface area contributed by atoms with E-state index < -0.39 is 28.0 Å². The van der Waals surface area contributed by atoms with Gasteiger partial charge in [-0.3, -0.25) is 14.9 Å². The molecule has 1 aliphatic heterocycles. The van der Waals surface area contributed by atoms with E-state index in [2.05, 4.69) is 5.32 Å². The molecule has 1 aromatic rings. The predicted molar refractivity (Wildman–Crippen MR) is 70.8 cm³/mol. The molecule has 2 rings (SSSR count). The molecule has 1 aliphatic rings. The quantitative estimate of drug-likeness (QED) is 0.407. The number of nitrogens with zero attached hydrogens (tertiary/aromatic N) is 1. The highest BCUT2D eigenvalue weighted by Crippen LogP contribution is 2.24. The van der Waals surface area contributed by atoms with Gasteiger partial charge in [-0.15, -0.1) is 0 Å². The molecule has 21 heavy (non-hydrogen) atoms. The Labute approximate surface area is 118 Å². The smallest absolute Gasteiger partial charge is 0.331 e. The van der Waals surface area contributed by atoms with E-state index in [9.17, 15) is 24.8 Å². The number of carbonyl (C=O) groups is 2. The van der Waals surface area contributed by atoms with Crippen molar-refractivity contribution in [1.29, 1.82) is 0 Å². The van der Waals surface area contributed by atoms with Crippen LogP contribution in [-0.4, -0.2) is 40.7 Å². The number of nitro benzene ring substituents is 1. The second-order valence-electron chi connectivity index (χ2n) is 4.67. The number of nitrogens with one attached hydrogen (secondary N) is 1. The van der Waals surface area contributed by atoms with Crippen LogP contribution in [0.1, 0.15) is 16.8 Å². The molecule has 1 atom stereocenters. The van der Waals surface area contributed by atoms with Gasteiger partial charge in [-0.1, -0.05) is 0 Å². The van der Waals surface area contributed by atoms with Crippen molar-refractivity contribution in [3.05, 3.63) is 33.9 Å². The largest absolute Gasteiger partial charge is 0.479 e. The van der Waals surface area contributed by atoms with Gasteiger partial charge in [-0.2, -0.15) is 0 Å². The zero-order chi connectivity index (χ0) is 15.6. The van der Waals surface area contributed by atoms with Crippen LogP contribution in [0.5, 0.6) is 0 Å². The van der Waals surface area contributed by atoms with Gasteiger partial charge in [0.05, 0.1) is 11.5 Å². The molecule has 0 spiro atoms. The van der Waals surface area contributed by atoms with Gasteiger partial charge in [0, 0.05) is 24.7 Å². The fourth-order valence-corrected chi connectivity index (χ4v) is 2.02. The third-order valence-corrected chi connectivity index (χ3v) is 3.27. The Balaban J connectivity index is 2.26. The summed E-state index contributed by atoms with van der Waals surface area (Å²) in [6.45, 7) is 0.0691. The number of amides is 1. The third-order valence-electron chi connectivity index (χ3n) is 3.27. The van der Waals surface area contributed by atoms with Crippen LogP contribution in [0.3, 0.4) is 0 Å². The lowest BCUT2D eigenvalue weighted by Gasteiger charge is -2.23. The number of carbonyl (C=O) groups excluding carboxylic acids is 1. The molecule has 1 aromatic carbocycles. The van der Waals surface area contributed by atoms with Crippen molar-refractivity contribution in [1.82, 2.24) is 5.32 Å². The standard InChI is InChI=1S/C12H13N3O6/c13-8-2-1-7(5-9(8)15(19)20)10(16)14-12(11(17)18)3-4-21-6-12/h1-2,5H,3-4,6,13H2,(H,14,16)(H,17,18). The van der Waals surface area contributed by atoms with Crippen LogP contribution in [0.25, 0.3) is 0 Å². The molecule has 1 fully saturated rings. The number of carboxylic acid groups (broad SMARTS) is 1. The number of rotatable bonds is 4. The van der Waals surface area contributed by atoms with E-state index in [4.69, 9.17) is 10.5 Å². The molecule has 1 amide bonds. The number of nitrogens with two attached hydrogens (primary N) is 1. The zero-order valence-corrected chi connectivity index (χ0v) is 10.9. The highest BCUT2D eigenvalue weighted by Gasteiger charge is 2.44. The van der Waals surface area contributed by atoms with E-state index in [1.54, 1.807) is 0 Å². The summed E-state index contributed by atoms with van der Waals surface area (Å²) in [4.78, 5) is 33.5. The SMILES string of the molecule is Nc1ccc(C(=O)NC2(C(=O)O)CCOC2)cc1[N+](=O)[O-]. The van der Waals surface area contributed by atoms with E-state index in [1.165, 1.54) is 12.1 Å². The maximum atomic E-state index is 12.1. The first-order chi connectivity index (χ1) is 9.85. The summed E-state index contributed by atoms with van der Waals surface area (Å²) in [5, 5.41) is 22.4. The molecule has 0 aromatic heterocycles. The summed E-state index contributed by atoms with van der Waals surface area (Å²) in [7, 11) is 0. The first-order valence-electron chi connectivity index (χ1n) is 6.03. The molecular weight excluding hydrogens is 282 g/mol. The Morgan fingerprint density at radius 3 is 2.71 bits per heavy atom. The van der Waals surface area contributed by atoms with Crippen LogP contribution in [0.4, 0.5) is 11.4 Å². The molecule has 4 N–H and O–H groups in total. The molecule has 9 nitrogen and oxygen atoms in total. The van der Waals surface area contributed by atoms with Crippen molar-refractivity contribution in [2.45, 2.75) is 12.0 Å². The van der Waals surface area contributed by atoms with Gasteiger partial charge in [-0.25, -0.2) is 4.79 Å². The third kappa shape index (κ3) is 2.77. The second kappa shape index (κ2) is 5.37. The lowest BCUT2D eigenvalue weighted by Crippen LogP contribution is -2.55. The van der Waals surface area contributed by atoms with E-state index >= 15 is 0 Å². The van der Waals surface area contributed by atoms with Gasteiger partial charge in [-0.05, 0) is 12.1 Å². The van der Waals surface area contributed by atoms with Crippen LogP contribution in [0.2, 0.25) is 0 Å². The average molecular weight is 295 g/mol. The number of ether oxygens (including phenoxy) is 1. The van der Waals surface area contributed by atoms with Gasteiger partial charge in [0.25, 0.3) is 11.6 Å². The molecule has 0 radical (unpaired) electrons. The van der Waals surface area contributed by atoms with Gasteiger partial charge in [0.1, 0.15) is 5.69 Å². The molecule has 1 saturated heterocycles. The average Bonchev–Trinajstić information content (AvgIpc) is 2.88. The number of nitro groups is 1. The maximum absolute atomic E-state index is 12.1. The van der Waals surface area contributed by atoms with Crippen molar-refractivity contribution in [3.8, 4) is 0 Å². The number of carboxylic acids is 1. The minimum Gasteiger partial charge on any atom is -0.479 e. The highest BCUT2D eigenvalue weighted by molar-refractivity contribution is 5.99. The van der Waals surface area contributed by atoms with Crippen molar-refractivity contribution in [3.63, 3.8) is 0 Å². The van der Waals surface area contributed by atoms with E-state index in [0.717, 1.165) is 6.07 Å². The maximum Gasteiger partial charge on any atom is 0.331 e. The van der Waals surface area contributed by atoms with Crippen LogP contribution < -0.4 is 11.1 Å². The fourth-order valence-electron chi connectivity index (χ4n) is 2.02. The number of hydrogen-bond donors (Lipinski definition) is 3. The van der Waals surface area contributed by atoms with Crippen molar-refractivity contribution >= 4 is 23.3 Å². The lowest BCUT2D eigenvalue weighted by atomic mass is 9.98. The minimum atomic E-state index is -1.51. The van der Waals surface area contributed by atoms with Crippen molar-refractivity contribution in [2.24, 2.45) is 0 Å². The molecule has 1 heterocycles. The van der Waals surface area contributed by atoms with Gasteiger partial charge < -0.3 is 20.9 Å². The number of benzene rings is 1.